The molecule has 0 bridgehead atoms. The Bertz CT molecular complexity index is 855. The van der Waals surface area contributed by atoms with Crippen LogP contribution in [-0.4, -0.2) is 34.6 Å². The molecule has 26 heavy (non-hydrogen) atoms. The monoisotopic (exact) mass is 347 g/mol. The molecule has 4 rings (SSSR count). The number of benzene rings is 1. The quantitative estimate of drug-likeness (QED) is 0.668. The van der Waals surface area contributed by atoms with Gasteiger partial charge in [-0.3, -0.25) is 4.98 Å². The van der Waals surface area contributed by atoms with Gasteiger partial charge in [0.2, 0.25) is 0 Å². The zero-order valence-electron chi connectivity index (χ0n) is 14.5. The molecule has 3 heterocycles. The minimum Gasteiger partial charge on any atom is -0.492 e. The van der Waals surface area contributed by atoms with Gasteiger partial charge in [0.05, 0.1) is 12.2 Å². The predicted molar refractivity (Wildman–Crippen MR) is 101 cm³/mol. The first kappa shape index (κ1) is 16.5. The maximum atomic E-state index is 5.76. The molecule has 3 aromatic rings. The van der Waals surface area contributed by atoms with Gasteiger partial charge in [-0.05, 0) is 37.2 Å². The number of aromatic nitrogens is 3. The van der Waals surface area contributed by atoms with Crippen molar-refractivity contribution in [1.29, 1.82) is 0 Å². The third-order valence-corrected chi connectivity index (χ3v) is 4.28. The van der Waals surface area contributed by atoms with E-state index in [1.54, 1.807) is 12.4 Å². The summed E-state index contributed by atoms with van der Waals surface area (Å²) >= 11 is 0. The van der Waals surface area contributed by atoms with Gasteiger partial charge in [0.1, 0.15) is 18.2 Å². The third-order valence-electron chi connectivity index (χ3n) is 4.28. The second-order valence-electron chi connectivity index (χ2n) is 6.07. The minimum atomic E-state index is 0.575. The number of pyridine rings is 1. The first-order chi connectivity index (χ1) is 12.9. The zero-order chi connectivity index (χ0) is 17.6. The van der Waals surface area contributed by atoms with Gasteiger partial charge in [0, 0.05) is 30.1 Å². The molecule has 6 nitrogen and oxygen atoms in total. The molecule has 132 valence electrons. The number of fused-ring (bicyclic) bond motifs is 1. The lowest BCUT2D eigenvalue weighted by Crippen LogP contribution is -2.27. The predicted octanol–water partition coefficient (Wildman–Crippen LogP) is 2.68. The van der Waals surface area contributed by atoms with Gasteiger partial charge < -0.3 is 15.4 Å². The summed E-state index contributed by atoms with van der Waals surface area (Å²) in [5.41, 5.74) is 3.22. The van der Waals surface area contributed by atoms with Crippen molar-refractivity contribution >= 4 is 5.82 Å². The summed E-state index contributed by atoms with van der Waals surface area (Å²) in [6.07, 6.45) is 4.45. The van der Waals surface area contributed by atoms with E-state index in [2.05, 4.69) is 15.6 Å². The van der Waals surface area contributed by atoms with E-state index in [-0.39, 0.29) is 0 Å². The molecule has 0 amide bonds. The molecule has 0 saturated heterocycles. The molecule has 0 fully saturated rings. The van der Waals surface area contributed by atoms with E-state index in [0.717, 1.165) is 48.2 Å². The highest BCUT2D eigenvalue weighted by Gasteiger charge is 2.18. The van der Waals surface area contributed by atoms with Crippen molar-refractivity contribution in [3.05, 3.63) is 66.1 Å². The summed E-state index contributed by atoms with van der Waals surface area (Å²) in [4.78, 5) is 13.6. The van der Waals surface area contributed by atoms with E-state index < -0.39 is 0 Å². The second-order valence-corrected chi connectivity index (χ2v) is 6.07. The minimum absolute atomic E-state index is 0.575. The van der Waals surface area contributed by atoms with Crippen LogP contribution >= 0.6 is 0 Å². The fraction of sp³-hybridized carbons (Fsp3) is 0.250. The lowest BCUT2D eigenvalue weighted by molar-refractivity contribution is 0.332. The molecule has 0 spiro atoms. The molecule has 1 aliphatic heterocycles. The van der Waals surface area contributed by atoms with Crippen molar-refractivity contribution in [2.45, 2.75) is 13.0 Å². The van der Waals surface area contributed by atoms with Gasteiger partial charge in [0.25, 0.3) is 0 Å². The molecule has 2 aromatic heterocycles. The van der Waals surface area contributed by atoms with Gasteiger partial charge in [-0.2, -0.15) is 0 Å². The molecule has 0 saturated carbocycles. The number of rotatable bonds is 6. The maximum absolute atomic E-state index is 5.76. The number of nitrogens with one attached hydrogen (secondary N) is 2. The molecule has 0 radical (unpaired) electrons. The van der Waals surface area contributed by atoms with E-state index in [0.29, 0.717) is 13.2 Å². The number of hydrogen-bond acceptors (Lipinski definition) is 6. The lowest BCUT2D eigenvalue weighted by atomic mass is 10.1. The summed E-state index contributed by atoms with van der Waals surface area (Å²) in [7, 11) is 0. The Hall–Kier alpha value is -2.99. The highest BCUT2D eigenvalue weighted by Crippen LogP contribution is 2.24. The number of anilines is 1. The van der Waals surface area contributed by atoms with Gasteiger partial charge in [-0.1, -0.05) is 18.2 Å². The van der Waals surface area contributed by atoms with Gasteiger partial charge in [0.15, 0.2) is 5.82 Å². The van der Waals surface area contributed by atoms with Crippen LogP contribution in [0.15, 0.2) is 54.9 Å². The van der Waals surface area contributed by atoms with Crippen molar-refractivity contribution in [3.8, 4) is 17.1 Å². The molecule has 6 heteroatoms. The molecule has 1 aliphatic rings. The molecule has 0 aliphatic carbocycles. The van der Waals surface area contributed by atoms with Crippen LogP contribution in [0.25, 0.3) is 11.4 Å². The molecular formula is C20H21N5O. The Morgan fingerprint density at radius 3 is 2.73 bits per heavy atom. The van der Waals surface area contributed by atoms with E-state index in [9.17, 15) is 0 Å². The summed E-state index contributed by atoms with van der Waals surface area (Å²) in [6.45, 7) is 2.97. The van der Waals surface area contributed by atoms with Crippen LogP contribution in [0.5, 0.6) is 5.75 Å². The Kier molecular flexibility index (Phi) is 5.02. The van der Waals surface area contributed by atoms with Crippen molar-refractivity contribution in [2.24, 2.45) is 0 Å². The molecule has 1 aromatic carbocycles. The van der Waals surface area contributed by atoms with Crippen molar-refractivity contribution in [1.82, 2.24) is 20.3 Å². The summed E-state index contributed by atoms with van der Waals surface area (Å²) in [6, 6.07) is 13.7. The SMILES string of the molecule is c1ccc(OCCNc2nc(-c3ccncc3)nc3c2CCNC3)cc1. The van der Waals surface area contributed by atoms with Crippen molar-refractivity contribution in [2.75, 3.05) is 25.0 Å². The summed E-state index contributed by atoms with van der Waals surface area (Å²) in [5, 5.41) is 6.81. The second kappa shape index (κ2) is 7.93. The Labute approximate surface area is 152 Å². The molecular weight excluding hydrogens is 326 g/mol. The van der Waals surface area contributed by atoms with Crippen LogP contribution in [0.4, 0.5) is 5.82 Å². The topological polar surface area (TPSA) is 72.0 Å². The summed E-state index contributed by atoms with van der Waals surface area (Å²) in [5.74, 6) is 2.50. The fourth-order valence-corrected chi connectivity index (χ4v) is 2.99. The zero-order valence-corrected chi connectivity index (χ0v) is 14.5. The first-order valence-electron chi connectivity index (χ1n) is 8.83. The van der Waals surface area contributed by atoms with E-state index in [4.69, 9.17) is 14.7 Å². The van der Waals surface area contributed by atoms with Gasteiger partial charge >= 0.3 is 0 Å². The Morgan fingerprint density at radius 1 is 1.04 bits per heavy atom. The number of hydrogen-bond donors (Lipinski definition) is 2. The summed E-state index contributed by atoms with van der Waals surface area (Å²) < 4.78 is 5.76. The van der Waals surface area contributed by atoms with Crippen molar-refractivity contribution < 1.29 is 4.74 Å². The highest BCUT2D eigenvalue weighted by molar-refractivity contribution is 5.59. The smallest absolute Gasteiger partial charge is 0.161 e. The molecule has 0 atom stereocenters. The standard InChI is InChI=1S/C20H21N5O/c1-2-4-16(5-3-1)26-13-12-23-20-17-8-11-22-14-18(17)24-19(25-20)15-6-9-21-10-7-15/h1-7,9-10,22H,8,11-14H2,(H,23,24,25). The van der Waals surface area contributed by atoms with Crippen LogP contribution in [-0.2, 0) is 13.0 Å². The van der Waals surface area contributed by atoms with Crippen LogP contribution in [0.1, 0.15) is 11.3 Å². The fourth-order valence-electron chi connectivity index (χ4n) is 2.99. The van der Waals surface area contributed by atoms with E-state index in [1.807, 2.05) is 42.5 Å². The van der Waals surface area contributed by atoms with Gasteiger partial charge in [-0.25, -0.2) is 9.97 Å². The van der Waals surface area contributed by atoms with Gasteiger partial charge in [-0.15, -0.1) is 0 Å². The average molecular weight is 347 g/mol. The Balaban J connectivity index is 1.50. The number of nitrogens with zero attached hydrogens (tertiary/aromatic N) is 3. The molecule has 0 unspecified atom stereocenters. The van der Waals surface area contributed by atoms with Crippen LogP contribution < -0.4 is 15.4 Å². The number of para-hydroxylation sites is 1. The van der Waals surface area contributed by atoms with Crippen LogP contribution in [0.3, 0.4) is 0 Å². The normalized spacial score (nSPS) is 13.1. The van der Waals surface area contributed by atoms with Crippen molar-refractivity contribution in [3.63, 3.8) is 0 Å². The third kappa shape index (κ3) is 3.81. The lowest BCUT2D eigenvalue weighted by Gasteiger charge is -2.20. The Morgan fingerprint density at radius 2 is 1.88 bits per heavy atom. The van der Waals surface area contributed by atoms with E-state index in [1.165, 1.54) is 5.56 Å². The maximum Gasteiger partial charge on any atom is 0.161 e. The van der Waals surface area contributed by atoms with Crippen LogP contribution in [0.2, 0.25) is 0 Å². The first-order valence-corrected chi connectivity index (χ1v) is 8.83. The molecule has 2 N–H and O–H groups in total. The average Bonchev–Trinajstić information content (AvgIpc) is 2.72. The number of ether oxygens (including phenoxy) is 1. The highest BCUT2D eigenvalue weighted by atomic mass is 16.5. The van der Waals surface area contributed by atoms with Crippen LogP contribution in [0, 0.1) is 0 Å². The largest absolute Gasteiger partial charge is 0.492 e. The van der Waals surface area contributed by atoms with E-state index >= 15 is 0 Å².